The number of nitrogens with one attached hydrogen (secondary N) is 1. The molecular weight excluding hydrogens is 326 g/mol. The molecule has 0 fully saturated rings. The van der Waals surface area contributed by atoms with Crippen LogP contribution in [0.2, 0.25) is 0 Å². The molecule has 11 heteroatoms. The third kappa shape index (κ3) is 3.17. The molecule has 0 atom stereocenters. The summed E-state index contributed by atoms with van der Waals surface area (Å²) in [6.45, 7) is 1.60. The van der Waals surface area contributed by atoms with E-state index in [1.807, 2.05) is 6.07 Å². The lowest BCUT2D eigenvalue weighted by atomic mass is 10.2. The number of nitrogen functional groups attached to an aromatic ring is 1. The summed E-state index contributed by atoms with van der Waals surface area (Å²) >= 11 is 0. The van der Waals surface area contributed by atoms with Gasteiger partial charge in [0.25, 0.3) is 5.91 Å². The summed E-state index contributed by atoms with van der Waals surface area (Å²) in [4.78, 5) is 12.4. The number of nitrogens with zero attached hydrogens (tertiary/aromatic N) is 7. The van der Waals surface area contributed by atoms with Crippen LogP contribution in [0.3, 0.4) is 0 Å². The van der Waals surface area contributed by atoms with Crippen LogP contribution in [0, 0.1) is 18.3 Å². The van der Waals surface area contributed by atoms with Gasteiger partial charge in [-0.25, -0.2) is 10.1 Å². The number of aryl methyl sites for hydroxylation is 1. The number of anilines is 1. The first-order chi connectivity index (χ1) is 12.1. The highest BCUT2D eigenvalue weighted by atomic mass is 16.6. The molecule has 0 unspecified atom stereocenters. The van der Waals surface area contributed by atoms with Gasteiger partial charge in [-0.05, 0) is 34.9 Å². The van der Waals surface area contributed by atoms with Crippen molar-refractivity contribution in [3.63, 3.8) is 0 Å². The van der Waals surface area contributed by atoms with Gasteiger partial charge < -0.3 is 5.73 Å². The normalized spacial score (nSPS) is 10.7. The molecule has 0 radical (unpaired) electrons. The van der Waals surface area contributed by atoms with E-state index in [0.717, 1.165) is 4.68 Å². The van der Waals surface area contributed by atoms with Crippen LogP contribution >= 0.6 is 0 Å². The zero-order valence-electron chi connectivity index (χ0n) is 12.9. The molecule has 0 saturated heterocycles. The predicted molar refractivity (Wildman–Crippen MR) is 84.6 cm³/mol. The highest BCUT2D eigenvalue weighted by molar-refractivity contribution is 5.94. The molecule has 3 rings (SSSR count). The number of nitrogens with two attached hydrogens (primary N) is 1. The number of hydrogen-bond acceptors (Lipinski definition) is 9. The number of carbonyl (C=O) groups excluding carboxylic acids is 1. The summed E-state index contributed by atoms with van der Waals surface area (Å²) in [6.07, 6.45) is 1.44. The van der Waals surface area contributed by atoms with Crippen molar-refractivity contribution in [2.75, 3.05) is 5.73 Å². The predicted octanol–water partition coefficient (Wildman–Crippen LogP) is 0.177. The van der Waals surface area contributed by atoms with Crippen molar-refractivity contribution in [3.05, 3.63) is 46.8 Å². The van der Waals surface area contributed by atoms with Gasteiger partial charge in [0.05, 0.1) is 23.5 Å². The fraction of sp³-hybridized carbons (Fsp3) is 0.0714. The number of carbonyl (C=O) groups is 1. The fourth-order valence-electron chi connectivity index (χ4n) is 1.97. The maximum absolute atomic E-state index is 12.4. The van der Waals surface area contributed by atoms with Gasteiger partial charge in [0.2, 0.25) is 11.6 Å². The van der Waals surface area contributed by atoms with E-state index < -0.39 is 5.91 Å². The Bertz CT molecular complexity index is 979. The zero-order chi connectivity index (χ0) is 17.8. The van der Waals surface area contributed by atoms with Gasteiger partial charge in [-0.3, -0.25) is 4.79 Å². The number of nitriles is 1. The second-order valence-corrected chi connectivity index (χ2v) is 4.84. The Kier molecular flexibility index (Phi) is 4.17. The van der Waals surface area contributed by atoms with Crippen LogP contribution in [0.25, 0.3) is 5.82 Å². The molecule has 0 bridgehead atoms. The third-order valence-electron chi connectivity index (χ3n) is 3.17. The van der Waals surface area contributed by atoms with E-state index in [4.69, 9.17) is 11.0 Å². The average Bonchev–Trinajstić information content (AvgIpc) is 3.20. The van der Waals surface area contributed by atoms with Crippen molar-refractivity contribution in [3.8, 4) is 11.9 Å². The van der Waals surface area contributed by atoms with Crippen LogP contribution in [-0.4, -0.2) is 37.4 Å². The van der Waals surface area contributed by atoms with Gasteiger partial charge in [-0.1, -0.05) is 17.3 Å². The average molecular weight is 337 g/mol. The minimum atomic E-state index is -0.560. The van der Waals surface area contributed by atoms with Crippen LogP contribution in [0.1, 0.15) is 27.3 Å². The number of rotatable bonds is 4. The smallest absolute Gasteiger partial charge is 0.292 e. The molecule has 0 spiro atoms. The monoisotopic (exact) mass is 337 g/mol. The lowest BCUT2D eigenvalue weighted by Gasteiger charge is -2.02. The van der Waals surface area contributed by atoms with Gasteiger partial charge in [0.15, 0.2) is 5.69 Å². The molecule has 1 aromatic carbocycles. The van der Waals surface area contributed by atoms with Crippen LogP contribution in [-0.2, 0) is 0 Å². The molecule has 0 aliphatic heterocycles. The highest BCUT2D eigenvalue weighted by Crippen LogP contribution is 2.14. The first kappa shape index (κ1) is 15.8. The lowest BCUT2D eigenvalue weighted by Crippen LogP contribution is -2.22. The number of benzene rings is 1. The lowest BCUT2D eigenvalue weighted by molar-refractivity contribution is 0.0946. The summed E-state index contributed by atoms with van der Waals surface area (Å²) in [6, 6.07) is 8.71. The van der Waals surface area contributed by atoms with E-state index in [9.17, 15) is 4.79 Å². The van der Waals surface area contributed by atoms with E-state index in [0.29, 0.717) is 16.8 Å². The molecule has 11 nitrogen and oxygen atoms in total. The summed E-state index contributed by atoms with van der Waals surface area (Å²) in [7, 11) is 0. The van der Waals surface area contributed by atoms with Gasteiger partial charge in [-0.15, -0.1) is 5.10 Å². The largest absolute Gasteiger partial charge is 0.378 e. The standard InChI is InChI=1S/C14H11N9O2/c1-8-11(23(22-18-8)13-12(16)20-25-21-13)14(24)19-17-7-10-4-2-9(6-15)3-5-10/h2-5,7H,1H3,(H2,16,20)(H,19,24). The molecular formula is C14H11N9O2. The van der Waals surface area contributed by atoms with Gasteiger partial charge in [-0.2, -0.15) is 15.0 Å². The number of amides is 1. The number of aromatic nitrogens is 5. The third-order valence-corrected chi connectivity index (χ3v) is 3.17. The molecule has 0 aliphatic carbocycles. The molecule has 0 aliphatic rings. The molecule has 3 N–H and O–H groups in total. The zero-order valence-corrected chi connectivity index (χ0v) is 12.9. The van der Waals surface area contributed by atoms with E-state index in [2.05, 4.69) is 35.8 Å². The van der Waals surface area contributed by atoms with E-state index in [-0.39, 0.29) is 17.3 Å². The molecule has 0 saturated carbocycles. The molecule has 2 heterocycles. The van der Waals surface area contributed by atoms with Crippen LogP contribution in [0.4, 0.5) is 5.82 Å². The van der Waals surface area contributed by atoms with Gasteiger partial charge >= 0.3 is 0 Å². The van der Waals surface area contributed by atoms with E-state index >= 15 is 0 Å². The minimum absolute atomic E-state index is 0.0277. The van der Waals surface area contributed by atoms with Gasteiger partial charge in [0, 0.05) is 0 Å². The van der Waals surface area contributed by atoms with E-state index in [1.165, 1.54) is 6.21 Å². The maximum Gasteiger partial charge on any atom is 0.292 e. The van der Waals surface area contributed by atoms with Crippen LogP contribution in [0.15, 0.2) is 34.0 Å². The fourth-order valence-corrected chi connectivity index (χ4v) is 1.97. The van der Waals surface area contributed by atoms with Crippen molar-refractivity contribution < 1.29 is 9.42 Å². The SMILES string of the molecule is Cc1nnn(-c2nonc2N)c1C(=O)NN=Cc1ccc(C#N)cc1. The van der Waals surface area contributed by atoms with Gasteiger partial charge in [0.1, 0.15) is 0 Å². The molecule has 25 heavy (non-hydrogen) atoms. The summed E-state index contributed by atoms with van der Waals surface area (Å²) in [5.41, 5.74) is 9.68. The first-order valence-electron chi connectivity index (χ1n) is 6.94. The van der Waals surface area contributed by atoms with Crippen molar-refractivity contribution in [2.24, 2.45) is 5.10 Å². The van der Waals surface area contributed by atoms with Crippen LogP contribution in [0.5, 0.6) is 0 Å². The first-order valence-corrected chi connectivity index (χ1v) is 6.94. The Morgan fingerprint density at radius 2 is 2.16 bits per heavy atom. The second-order valence-electron chi connectivity index (χ2n) is 4.84. The minimum Gasteiger partial charge on any atom is -0.378 e. The van der Waals surface area contributed by atoms with E-state index in [1.54, 1.807) is 31.2 Å². The Morgan fingerprint density at radius 3 is 2.80 bits per heavy atom. The Balaban J connectivity index is 1.78. The van der Waals surface area contributed by atoms with Crippen LogP contribution < -0.4 is 11.2 Å². The summed E-state index contributed by atoms with van der Waals surface area (Å²) in [5, 5.41) is 27.3. The highest BCUT2D eigenvalue weighted by Gasteiger charge is 2.22. The van der Waals surface area contributed by atoms with Crippen molar-refractivity contribution in [1.29, 1.82) is 5.26 Å². The summed E-state index contributed by atoms with van der Waals surface area (Å²) in [5.74, 6) is -0.531. The maximum atomic E-state index is 12.4. The second kappa shape index (κ2) is 6.59. The molecule has 124 valence electrons. The Hall–Kier alpha value is -4.07. The summed E-state index contributed by atoms with van der Waals surface area (Å²) < 4.78 is 5.62. The van der Waals surface area contributed by atoms with Crippen molar-refractivity contribution >= 4 is 17.9 Å². The number of hydrazone groups is 1. The topological polar surface area (TPSA) is 161 Å². The van der Waals surface area contributed by atoms with Crippen molar-refractivity contribution in [2.45, 2.75) is 6.92 Å². The molecule has 2 aromatic heterocycles. The Morgan fingerprint density at radius 1 is 1.40 bits per heavy atom. The quantitative estimate of drug-likeness (QED) is 0.503. The molecule has 1 amide bonds. The molecule has 3 aromatic rings. The van der Waals surface area contributed by atoms with Crippen molar-refractivity contribution in [1.82, 2.24) is 30.7 Å². The Labute approximate surface area is 140 Å². The number of hydrogen-bond donors (Lipinski definition) is 2.